The van der Waals surface area contributed by atoms with E-state index in [9.17, 15) is 4.79 Å². The number of carbonyl (C=O) groups excluding carboxylic acids is 1. The van der Waals surface area contributed by atoms with Gasteiger partial charge in [0.15, 0.2) is 0 Å². The van der Waals surface area contributed by atoms with Gasteiger partial charge in [-0.3, -0.25) is 15.6 Å². The third kappa shape index (κ3) is 3.80. The lowest BCUT2D eigenvalue weighted by molar-refractivity contribution is -0.118. The molecular weight excluding hydrogens is 186 g/mol. The first-order valence-electron chi connectivity index (χ1n) is 3.78. The predicted molar refractivity (Wildman–Crippen MR) is 54.4 cm³/mol. The van der Waals surface area contributed by atoms with Crippen molar-refractivity contribution in [1.29, 1.82) is 0 Å². The average Bonchev–Trinajstić information content (AvgIpc) is 2.17. The molecule has 13 heavy (non-hydrogen) atoms. The number of nitrogens with zero attached hydrogens (tertiary/aromatic N) is 1. The molecule has 0 bridgehead atoms. The normalized spacial score (nSPS) is 9.31. The maximum absolute atomic E-state index is 11.0. The molecule has 1 aromatic heterocycles. The smallest absolute Gasteiger partial charge is 0.248 e. The zero-order valence-corrected chi connectivity index (χ0v) is 8.10. The molecule has 0 saturated carbocycles. The first-order chi connectivity index (χ1) is 6.33. The van der Waals surface area contributed by atoms with Gasteiger partial charge < -0.3 is 0 Å². The first kappa shape index (κ1) is 9.85. The Hall–Kier alpha value is -1.23. The fourth-order valence-electron chi connectivity index (χ4n) is 0.738. The minimum Gasteiger partial charge on any atom is -0.282 e. The van der Waals surface area contributed by atoms with E-state index in [-0.39, 0.29) is 5.91 Å². The van der Waals surface area contributed by atoms with Gasteiger partial charge in [0.1, 0.15) is 5.82 Å². The number of hydrazine groups is 1. The lowest BCUT2D eigenvalue weighted by Gasteiger charge is -2.05. The van der Waals surface area contributed by atoms with Crippen LogP contribution in [0.2, 0.25) is 0 Å². The van der Waals surface area contributed by atoms with E-state index in [1.165, 1.54) is 11.8 Å². The van der Waals surface area contributed by atoms with Gasteiger partial charge in [-0.25, -0.2) is 4.98 Å². The second-order valence-electron chi connectivity index (χ2n) is 2.32. The third-order valence-electron chi connectivity index (χ3n) is 1.27. The van der Waals surface area contributed by atoms with Crippen LogP contribution in [0.1, 0.15) is 0 Å². The largest absolute Gasteiger partial charge is 0.282 e. The Labute approximate surface area is 81.1 Å². The van der Waals surface area contributed by atoms with Crippen LogP contribution in [0.25, 0.3) is 0 Å². The number of rotatable bonds is 4. The molecule has 2 N–H and O–H groups in total. The Morgan fingerprint density at radius 2 is 2.46 bits per heavy atom. The molecule has 0 aromatic carbocycles. The highest BCUT2D eigenvalue weighted by molar-refractivity contribution is 7.99. The van der Waals surface area contributed by atoms with E-state index in [2.05, 4.69) is 15.8 Å². The number of hydrogen-bond acceptors (Lipinski definition) is 4. The monoisotopic (exact) mass is 197 g/mol. The predicted octanol–water partition coefficient (Wildman–Crippen LogP) is 0.888. The second kappa shape index (κ2) is 5.42. The lowest BCUT2D eigenvalue weighted by Crippen LogP contribution is -2.31. The molecule has 4 nitrogen and oxygen atoms in total. The SMILES string of the molecule is CSCC(=O)NNc1ccccn1. The zero-order valence-electron chi connectivity index (χ0n) is 7.28. The van der Waals surface area contributed by atoms with Crippen molar-refractivity contribution in [2.45, 2.75) is 0 Å². The summed E-state index contributed by atoms with van der Waals surface area (Å²) in [6.45, 7) is 0. The Morgan fingerprint density at radius 3 is 3.08 bits per heavy atom. The summed E-state index contributed by atoms with van der Waals surface area (Å²) in [5, 5.41) is 0. The molecule has 5 heteroatoms. The van der Waals surface area contributed by atoms with Gasteiger partial charge in [-0.2, -0.15) is 11.8 Å². The van der Waals surface area contributed by atoms with Crippen molar-refractivity contribution in [2.75, 3.05) is 17.4 Å². The Kier molecular flexibility index (Phi) is 4.11. The molecule has 1 amide bonds. The lowest BCUT2D eigenvalue weighted by atomic mass is 10.5. The van der Waals surface area contributed by atoms with E-state index >= 15 is 0 Å². The van der Waals surface area contributed by atoms with Crippen molar-refractivity contribution in [1.82, 2.24) is 10.4 Å². The highest BCUT2D eigenvalue weighted by atomic mass is 32.2. The molecule has 0 unspecified atom stereocenters. The maximum atomic E-state index is 11.0. The van der Waals surface area contributed by atoms with E-state index in [4.69, 9.17) is 0 Å². The summed E-state index contributed by atoms with van der Waals surface area (Å²) < 4.78 is 0. The molecule has 0 aliphatic rings. The van der Waals surface area contributed by atoms with Crippen LogP contribution >= 0.6 is 11.8 Å². The van der Waals surface area contributed by atoms with Crippen LogP contribution in [0.15, 0.2) is 24.4 Å². The van der Waals surface area contributed by atoms with Crippen molar-refractivity contribution in [3.8, 4) is 0 Å². The first-order valence-corrected chi connectivity index (χ1v) is 5.17. The van der Waals surface area contributed by atoms with Crippen LogP contribution in [0.3, 0.4) is 0 Å². The standard InChI is InChI=1S/C8H11N3OS/c1-13-6-8(12)11-10-7-4-2-3-5-9-7/h2-5H,6H2,1H3,(H,9,10)(H,11,12). The molecule has 1 heterocycles. The molecule has 0 radical (unpaired) electrons. The Balaban J connectivity index is 2.31. The highest BCUT2D eigenvalue weighted by Crippen LogP contribution is 1.97. The van der Waals surface area contributed by atoms with E-state index < -0.39 is 0 Å². The van der Waals surface area contributed by atoms with E-state index in [1.54, 1.807) is 12.3 Å². The number of pyridine rings is 1. The van der Waals surface area contributed by atoms with Crippen molar-refractivity contribution in [2.24, 2.45) is 0 Å². The number of aromatic nitrogens is 1. The van der Waals surface area contributed by atoms with Gasteiger partial charge >= 0.3 is 0 Å². The fourth-order valence-corrected chi connectivity index (χ4v) is 1.07. The summed E-state index contributed by atoms with van der Waals surface area (Å²) in [4.78, 5) is 15.0. The van der Waals surface area contributed by atoms with Crippen LogP contribution in [-0.4, -0.2) is 22.9 Å². The van der Waals surface area contributed by atoms with Gasteiger partial charge in [0, 0.05) is 6.20 Å². The maximum Gasteiger partial charge on any atom is 0.248 e. The number of anilines is 1. The molecule has 0 atom stereocenters. The van der Waals surface area contributed by atoms with Crippen LogP contribution < -0.4 is 10.9 Å². The van der Waals surface area contributed by atoms with Crippen molar-refractivity contribution in [3.63, 3.8) is 0 Å². The van der Waals surface area contributed by atoms with Crippen LogP contribution in [0, 0.1) is 0 Å². The summed E-state index contributed by atoms with van der Waals surface area (Å²) in [6, 6.07) is 5.43. The van der Waals surface area contributed by atoms with Gasteiger partial charge in [0.25, 0.3) is 0 Å². The van der Waals surface area contributed by atoms with E-state index in [1.807, 2.05) is 18.4 Å². The summed E-state index contributed by atoms with van der Waals surface area (Å²) in [6.07, 6.45) is 3.53. The minimum absolute atomic E-state index is 0.0573. The molecule has 0 fully saturated rings. The number of carbonyl (C=O) groups is 1. The number of hydrogen-bond donors (Lipinski definition) is 2. The van der Waals surface area contributed by atoms with Crippen LogP contribution in [-0.2, 0) is 4.79 Å². The summed E-state index contributed by atoms with van der Waals surface area (Å²) in [7, 11) is 0. The quantitative estimate of drug-likeness (QED) is 0.704. The zero-order chi connectivity index (χ0) is 9.52. The van der Waals surface area contributed by atoms with Crippen molar-refractivity contribution >= 4 is 23.5 Å². The third-order valence-corrected chi connectivity index (χ3v) is 1.82. The van der Waals surface area contributed by atoms with Gasteiger partial charge in [0.2, 0.25) is 5.91 Å². The molecular formula is C8H11N3OS. The number of amides is 1. The molecule has 70 valence electrons. The molecule has 0 saturated heterocycles. The Morgan fingerprint density at radius 1 is 1.62 bits per heavy atom. The van der Waals surface area contributed by atoms with Crippen LogP contribution in [0.5, 0.6) is 0 Å². The molecule has 1 rings (SSSR count). The van der Waals surface area contributed by atoms with E-state index in [0.717, 1.165) is 0 Å². The van der Waals surface area contributed by atoms with Crippen LogP contribution in [0.4, 0.5) is 5.82 Å². The van der Waals surface area contributed by atoms with Gasteiger partial charge in [-0.15, -0.1) is 0 Å². The molecule has 0 aliphatic heterocycles. The van der Waals surface area contributed by atoms with Crippen molar-refractivity contribution < 1.29 is 4.79 Å². The van der Waals surface area contributed by atoms with E-state index in [0.29, 0.717) is 11.6 Å². The number of nitrogens with one attached hydrogen (secondary N) is 2. The summed E-state index contributed by atoms with van der Waals surface area (Å²) in [5.74, 6) is 1.02. The molecule has 1 aromatic rings. The Bertz CT molecular complexity index is 265. The number of thioether (sulfide) groups is 1. The summed E-state index contributed by atoms with van der Waals surface area (Å²) >= 11 is 1.47. The molecule has 0 spiro atoms. The van der Waals surface area contributed by atoms with Gasteiger partial charge in [-0.1, -0.05) is 6.07 Å². The molecule has 0 aliphatic carbocycles. The van der Waals surface area contributed by atoms with Gasteiger partial charge in [-0.05, 0) is 18.4 Å². The van der Waals surface area contributed by atoms with Crippen molar-refractivity contribution in [3.05, 3.63) is 24.4 Å². The highest BCUT2D eigenvalue weighted by Gasteiger charge is 1.97. The van der Waals surface area contributed by atoms with Gasteiger partial charge in [0.05, 0.1) is 5.75 Å². The fraction of sp³-hybridized carbons (Fsp3) is 0.250. The summed E-state index contributed by atoms with van der Waals surface area (Å²) in [5.41, 5.74) is 5.23. The average molecular weight is 197 g/mol. The second-order valence-corrected chi connectivity index (χ2v) is 3.19. The topological polar surface area (TPSA) is 54.0 Å². The minimum atomic E-state index is -0.0573.